The zero-order valence-corrected chi connectivity index (χ0v) is 20.7. The molecule has 3 aromatic heterocycles. The average Bonchev–Trinajstić information content (AvgIpc) is 3.34. The summed E-state index contributed by atoms with van der Waals surface area (Å²) < 4.78 is 18.6. The lowest BCUT2D eigenvalue weighted by Gasteiger charge is -2.18. The van der Waals surface area contributed by atoms with Gasteiger partial charge in [-0.1, -0.05) is 0 Å². The van der Waals surface area contributed by atoms with Crippen molar-refractivity contribution < 1.29 is 13.9 Å². The van der Waals surface area contributed by atoms with Crippen LogP contribution in [0.1, 0.15) is 12.0 Å². The van der Waals surface area contributed by atoms with Gasteiger partial charge in [0.15, 0.2) is 0 Å². The van der Waals surface area contributed by atoms with Gasteiger partial charge in [-0.25, -0.2) is 24.3 Å². The molecule has 1 atom stereocenters. The highest BCUT2D eigenvalue weighted by atomic mass is 19.1. The Morgan fingerprint density at radius 3 is 2.86 bits per heavy atom. The number of alkyl halides is 1. The van der Waals surface area contributed by atoms with Crippen molar-refractivity contribution in [2.45, 2.75) is 12.6 Å². The second-order valence-corrected chi connectivity index (χ2v) is 8.64. The first-order chi connectivity index (χ1) is 17.9. The van der Waals surface area contributed by atoms with Gasteiger partial charge in [0, 0.05) is 38.2 Å². The Morgan fingerprint density at radius 1 is 1.30 bits per heavy atom. The lowest BCUT2D eigenvalue weighted by molar-refractivity contribution is -0.117. The molecule has 0 spiro atoms. The van der Waals surface area contributed by atoms with E-state index in [2.05, 4.69) is 36.6 Å². The number of rotatable bonds is 10. The molecule has 0 aromatic carbocycles. The number of carbonyl (C=O) groups is 1. The number of amides is 1. The molecular weight excluding hydrogens is 477 g/mol. The molecule has 37 heavy (non-hydrogen) atoms. The van der Waals surface area contributed by atoms with Gasteiger partial charge < -0.3 is 20.3 Å². The Bertz CT molecular complexity index is 1270. The molecule has 3 aromatic rings. The van der Waals surface area contributed by atoms with Crippen molar-refractivity contribution in [3.05, 3.63) is 48.4 Å². The second kappa shape index (κ2) is 12.2. The van der Waals surface area contributed by atoms with Gasteiger partial charge in [-0.2, -0.15) is 5.26 Å². The standard InChI is InChI=1S/C25H28FN9O2/c1-34(9-10-37-2)16-23(36)33-22-4-3-20(14-29-22)31-25-28-7-5-21(32-25)18-11-17(12-27)24(30-13-18)35-8-6-19(26)15-35/h3-5,7,11,13-14,19H,6,8-10,15-16H2,1-2H3,(H,28,31,32)(H,29,33,36)/t19-/m0/s1. The number of likely N-dealkylation sites (N-methyl/N-ethyl adjacent to an activating group) is 1. The zero-order chi connectivity index (χ0) is 26.2. The fraction of sp³-hybridized carbons (Fsp3) is 0.360. The summed E-state index contributed by atoms with van der Waals surface area (Å²) in [6.45, 7) is 2.20. The van der Waals surface area contributed by atoms with E-state index < -0.39 is 6.17 Å². The number of anilines is 4. The molecule has 1 amide bonds. The molecule has 0 aliphatic carbocycles. The van der Waals surface area contributed by atoms with Crippen molar-refractivity contribution in [1.29, 1.82) is 5.26 Å². The van der Waals surface area contributed by atoms with Crippen LogP contribution < -0.4 is 15.5 Å². The maximum absolute atomic E-state index is 13.6. The summed E-state index contributed by atoms with van der Waals surface area (Å²) in [5.41, 5.74) is 2.22. The summed E-state index contributed by atoms with van der Waals surface area (Å²) in [4.78, 5) is 33.3. The number of hydrogen-bond donors (Lipinski definition) is 2. The topological polar surface area (TPSA) is 132 Å². The van der Waals surface area contributed by atoms with Gasteiger partial charge in [-0.15, -0.1) is 0 Å². The summed E-state index contributed by atoms with van der Waals surface area (Å²) in [6.07, 6.45) is 4.32. The Kier molecular flexibility index (Phi) is 8.50. The number of nitriles is 1. The van der Waals surface area contributed by atoms with Crippen molar-refractivity contribution in [1.82, 2.24) is 24.8 Å². The van der Waals surface area contributed by atoms with Crippen LogP contribution in [-0.2, 0) is 9.53 Å². The largest absolute Gasteiger partial charge is 0.383 e. The van der Waals surface area contributed by atoms with Gasteiger partial charge in [0.25, 0.3) is 0 Å². The van der Waals surface area contributed by atoms with Gasteiger partial charge in [0.05, 0.1) is 42.8 Å². The van der Waals surface area contributed by atoms with E-state index in [9.17, 15) is 14.4 Å². The lowest BCUT2D eigenvalue weighted by atomic mass is 10.1. The highest BCUT2D eigenvalue weighted by molar-refractivity contribution is 5.91. The minimum atomic E-state index is -0.906. The van der Waals surface area contributed by atoms with E-state index in [-0.39, 0.29) is 19.0 Å². The van der Waals surface area contributed by atoms with E-state index in [0.717, 1.165) is 0 Å². The number of pyridine rings is 2. The van der Waals surface area contributed by atoms with Crippen LogP contribution in [0.25, 0.3) is 11.3 Å². The number of nitrogens with one attached hydrogen (secondary N) is 2. The quantitative estimate of drug-likeness (QED) is 0.424. The molecule has 2 N–H and O–H groups in total. The number of nitrogens with zero attached hydrogens (tertiary/aromatic N) is 7. The van der Waals surface area contributed by atoms with E-state index in [1.165, 1.54) is 0 Å². The smallest absolute Gasteiger partial charge is 0.239 e. The second-order valence-electron chi connectivity index (χ2n) is 8.64. The summed E-state index contributed by atoms with van der Waals surface area (Å²) in [7, 11) is 3.46. The Labute approximate surface area is 214 Å². The van der Waals surface area contributed by atoms with Gasteiger partial charge in [0.2, 0.25) is 11.9 Å². The predicted molar refractivity (Wildman–Crippen MR) is 137 cm³/mol. The fourth-order valence-electron chi connectivity index (χ4n) is 3.85. The molecule has 4 rings (SSSR count). The highest BCUT2D eigenvalue weighted by Gasteiger charge is 2.25. The summed E-state index contributed by atoms with van der Waals surface area (Å²) in [6, 6.07) is 9.01. The Hall–Kier alpha value is -4.21. The van der Waals surface area contributed by atoms with Gasteiger partial charge in [0.1, 0.15) is 23.9 Å². The normalized spacial score (nSPS) is 15.0. The third kappa shape index (κ3) is 6.93. The highest BCUT2D eigenvalue weighted by Crippen LogP contribution is 2.27. The number of aromatic nitrogens is 4. The molecule has 1 aliphatic rings. The number of halogens is 1. The Morgan fingerprint density at radius 2 is 2.16 bits per heavy atom. The van der Waals surface area contributed by atoms with E-state index in [4.69, 9.17) is 4.74 Å². The maximum Gasteiger partial charge on any atom is 0.239 e. The summed E-state index contributed by atoms with van der Waals surface area (Å²) >= 11 is 0. The van der Waals surface area contributed by atoms with Gasteiger partial charge in [-0.05, 0) is 37.7 Å². The third-order valence-electron chi connectivity index (χ3n) is 5.75. The monoisotopic (exact) mass is 505 g/mol. The first kappa shape index (κ1) is 25.9. The van der Waals surface area contributed by atoms with Crippen LogP contribution in [0.5, 0.6) is 0 Å². The first-order valence-corrected chi connectivity index (χ1v) is 11.8. The van der Waals surface area contributed by atoms with E-state index >= 15 is 0 Å². The van der Waals surface area contributed by atoms with Crippen molar-refractivity contribution >= 4 is 29.2 Å². The van der Waals surface area contributed by atoms with E-state index in [0.29, 0.717) is 66.2 Å². The zero-order valence-electron chi connectivity index (χ0n) is 20.7. The molecule has 0 bridgehead atoms. The molecule has 0 radical (unpaired) electrons. The third-order valence-corrected chi connectivity index (χ3v) is 5.75. The minimum absolute atomic E-state index is 0.173. The van der Waals surface area contributed by atoms with E-state index in [1.807, 2.05) is 11.9 Å². The minimum Gasteiger partial charge on any atom is -0.383 e. The number of ether oxygens (including phenoxy) is 1. The van der Waals surface area contributed by atoms with Crippen LogP contribution in [0.15, 0.2) is 42.9 Å². The van der Waals surface area contributed by atoms with Crippen LogP contribution >= 0.6 is 0 Å². The van der Waals surface area contributed by atoms with E-state index in [1.54, 1.807) is 54.9 Å². The molecular formula is C25H28FN9O2. The van der Waals surface area contributed by atoms with Crippen molar-refractivity contribution in [3.63, 3.8) is 0 Å². The van der Waals surface area contributed by atoms with Crippen LogP contribution in [0.2, 0.25) is 0 Å². The SMILES string of the molecule is COCCN(C)CC(=O)Nc1ccc(Nc2nccc(-c3cnc(N4CC[C@H](F)C4)c(C#N)c3)n2)cn1. The number of carbonyl (C=O) groups excluding carboxylic acids is 1. The molecule has 12 heteroatoms. The van der Waals surface area contributed by atoms with Crippen molar-refractivity contribution in [2.24, 2.45) is 0 Å². The van der Waals surface area contributed by atoms with Crippen molar-refractivity contribution in [2.75, 3.05) is 62.5 Å². The first-order valence-electron chi connectivity index (χ1n) is 11.8. The molecule has 1 fully saturated rings. The fourth-order valence-corrected chi connectivity index (χ4v) is 3.85. The van der Waals surface area contributed by atoms with Gasteiger partial charge in [-0.3, -0.25) is 9.69 Å². The van der Waals surface area contributed by atoms with Crippen LogP contribution in [0.4, 0.5) is 27.7 Å². The molecule has 1 saturated heterocycles. The molecule has 0 saturated carbocycles. The molecule has 4 heterocycles. The summed E-state index contributed by atoms with van der Waals surface area (Å²) in [5, 5.41) is 15.5. The van der Waals surface area contributed by atoms with Crippen molar-refractivity contribution in [3.8, 4) is 17.3 Å². The van der Waals surface area contributed by atoms with Crippen LogP contribution in [0, 0.1) is 11.3 Å². The number of hydrogen-bond acceptors (Lipinski definition) is 10. The van der Waals surface area contributed by atoms with Crippen LogP contribution in [0.3, 0.4) is 0 Å². The predicted octanol–water partition coefficient (Wildman–Crippen LogP) is 2.61. The summed E-state index contributed by atoms with van der Waals surface area (Å²) in [5.74, 6) is 1.07. The average molecular weight is 506 g/mol. The molecule has 192 valence electrons. The number of methoxy groups -OCH3 is 1. The maximum atomic E-state index is 13.6. The molecule has 0 unspecified atom stereocenters. The Balaban J connectivity index is 1.40. The lowest BCUT2D eigenvalue weighted by Crippen LogP contribution is -2.32. The van der Waals surface area contributed by atoms with Crippen LogP contribution in [-0.4, -0.2) is 83.9 Å². The molecule has 1 aliphatic heterocycles. The van der Waals surface area contributed by atoms with Gasteiger partial charge >= 0.3 is 0 Å². The molecule has 11 nitrogen and oxygen atoms in total.